The third kappa shape index (κ3) is 2.07. The number of hydrogen-bond donors (Lipinski definition) is 0. The summed E-state index contributed by atoms with van der Waals surface area (Å²) in [6.45, 7) is 0. The van der Waals surface area contributed by atoms with Crippen molar-refractivity contribution in [2.45, 2.75) is 0 Å². The fraction of sp³-hybridized carbons (Fsp3) is 0. The molecular formula is C13H12Ge. The molecule has 0 N–H and O–H groups in total. The van der Waals surface area contributed by atoms with Crippen LogP contribution in [0, 0.1) is 5.76 Å². The van der Waals surface area contributed by atoms with Crippen LogP contribution in [0.25, 0.3) is 0 Å². The Bertz CT molecular complexity index is 341. The van der Waals surface area contributed by atoms with E-state index >= 15 is 0 Å². The molecule has 0 amide bonds. The third-order valence-corrected chi connectivity index (χ3v) is 6.57. The summed E-state index contributed by atoms with van der Waals surface area (Å²) in [6.07, 6.45) is 0. The molecule has 2 rings (SSSR count). The van der Waals surface area contributed by atoms with Crippen molar-refractivity contribution in [3.05, 3.63) is 66.4 Å². The van der Waals surface area contributed by atoms with Crippen molar-refractivity contribution in [1.82, 2.24) is 0 Å². The van der Waals surface area contributed by atoms with Crippen LogP contribution in [-0.4, -0.2) is 14.3 Å². The zero-order valence-electron chi connectivity index (χ0n) is 7.98. The second-order valence-electron chi connectivity index (χ2n) is 3.21. The van der Waals surface area contributed by atoms with Crippen LogP contribution in [0.2, 0.25) is 0 Å². The van der Waals surface area contributed by atoms with Crippen molar-refractivity contribution in [1.29, 1.82) is 0 Å². The van der Waals surface area contributed by atoms with E-state index < -0.39 is 14.3 Å². The van der Waals surface area contributed by atoms with Crippen LogP contribution in [0.4, 0.5) is 0 Å². The van der Waals surface area contributed by atoms with Gasteiger partial charge in [0.15, 0.2) is 0 Å². The van der Waals surface area contributed by atoms with Crippen molar-refractivity contribution in [3.8, 4) is 0 Å². The molecule has 0 heterocycles. The summed E-state index contributed by atoms with van der Waals surface area (Å²) in [7, 11) is 0. The Morgan fingerprint density at radius 3 is 1.36 bits per heavy atom. The topological polar surface area (TPSA) is 0 Å². The quantitative estimate of drug-likeness (QED) is 0.701. The van der Waals surface area contributed by atoms with E-state index in [0.717, 1.165) is 0 Å². The Kier molecular flexibility index (Phi) is 3.04. The first-order valence-electron chi connectivity index (χ1n) is 4.67. The zero-order chi connectivity index (χ0) is 9.80. The molecular weight excluding hydrogens is 229 g/mol. The van der Waals surface area contributed by atoms with Gasteiger partial charge >= 0.3 is 89.6 Å². The van der Waals surface area contributed by atoms with E-state index in [1.807, 2.05) is 0 Å². The molecule has 2 radical (unpaired) electrons. The summed E-state index contributed by atoms with van der Waals surface area (Å²) >= 11 is -1.45. The summed E-state index contributed by atoms with van der Waals surface area (Å²) in [5.41, 5.74) is 0. The Labute approximate surface area is 89.7 Å². The van der Waals surface area contributed by atoms with Gasteiger partial charge in [0.1, 0.15) is 0 Å². The molecule has 0 unspecified atom stereocenters. The van der Waals surface area contributed by atoms with Crippen LogP contribution < -0.4 is 8.79 Å². The van der Waals surface area contributed by atoms with Gasteiger partial charge < -0.3 is 0 Å². The molecule has 0 aliphatic carbocycles. The molecule has 0 saturated carbocycles. The van der Waals surface area contributed by atoms with E-state index in [9.17, 15) is 0 Å². The van der Waals surface area contributed by atoms with Gasteiger partial charge in [-0.2, -0.15) is 0 Å². The van der Waals surface area contributed by atoms with Gasteiger partial charge in [0, 0.05) is 0 Å². The molecule has 0 atom stereocenters. The van der Waals surface area contributed by atoms with Crippen molar-refractivity contribution < 1.29 is 0 Å². The van der Waals surface area contributed by atoms with Gasteiger partial charge in [-0.05, 0) is 0 Å². The van der Waals surface area contributed by atoms with E-state index in [1.165, 1.54) is 8.79 Å². The molecule has 2 aromatic carbocycles. The Hall–Kier alpha value is -1.02. The van der Waals surface area contributed by atoms with Gasteiger partial charge in [0.2, 0.25) is 0 Å². The van der Waals surface area contributed by atoms with Crippen LogP contribution in [-0.2, 0) is 0 Å². The average Bonchev–Trinajstić information content (AvgIpc) is 2.30. The minimum absolute atomic E-state index is 1.43. The van der Waals surface area contributed by atoms with Crippen LogP contribution in [0.15, 0.2) is 60.7 Å². The average molecular weight is 241 g/mol. The first-order chi connectivity index (χ1) is 6.88. The summed E-state index contributed by atoms with van der Waals surface area (Å²) in [5.74, 6) is 4.35. The second kappa shape index (κ2) is 4.47. The maximum atomic E-state index is 4.35. The molecule has 2 aromatic rings. The van der Waals surface area contributed by atoms with Crippen molar-refractivity contribution >= 4 is 23.1 Å². The number of rotatable bonds is 2. The molecule has 0 fully saturated rings. The standard InChI is InChI=1S/C13H12Ge/c1-14(12-8-4-2-5-9-12)13-10-6-3-7-11-13/h2-11H,1H2. The molecule has 0 aliphatic heterocycles. The van der Waals surface area contributed by atoms with Crippen LogP contribution in [0.5, 0.6) is 0 Å². The van der Waals surface area contributed by atoms with E-state index in [1.54, 1.807) is 0 Å². The van der Waals surface area contributed by atoms with Gasteiger partial charge in [-0.1, -0.05) is 0 Å². The Morgan fingerprint density at radius 1 is 0.643 bits per heavy atom. The normalized spacial score (nSPS) is 10.4. The van der Waals surface area contributed by atoms with Crippen molar-refractivity contribution in [2.24, 2.45) is 0 Å². The minimum atomic E-state index is -1.45. The zero-order valence-corrected chi connectivity index (χ0v) is 10.1. The predicted octanol–water partition coefficient (Wildman–Crippen LogP) is 1.67. The first-order valence-corrected chi connectivity index (χ1v) is 8.26. The Balaban J connectivity index is 2.30. The number of hydrogen-bond acceptors (Lipinski definition) is 0. The van der Waals surface area contributed by atoms with Crippen LogP contribution in [0.3, 0.4) is 0 Å². The maximum absolute atomic E-state index is 4.35. The summed E-state index contributed by atoms with van der Waals surface area (Å²) < 4.78 is 2.86. The molecule has 14 heavy (non-hydrogen) atoms. The van der Waals surface area contributed by atoms with E-state index in [-0.39, 0.29) is 0 Å². The van der Waals surface area contributed by atoms with E-state index in [0.29, 0.717) is 0 Å². The molecule has 68 valence electrons. The van der Waals surface area contributed by atoms with Gasteiger partial charge in [0.25, 0.3) is 0 Å². The van der Waals surface area contributed by atoms with Crippen molar-refractivity contribution in [2.75, 3.05) is 0 Å². The van der Waals surface area contributed by atoms with E-state index in [4.69, 9.17) is 0 Å². The fourth-order valence-electron chi connectivity index (χ4n) is 1.45. The van der Waals surface area contributed by atoms with Gasteiger partial charge in [0.05, 0.1) is 0 Å². The second-order valence-corrected chi connectivity index (χ2v) is 7.64. The van der Waals surface area contributed by atoms with Crippen molar-refractivity contribution in [3.63, 3.8) is 0 Å². The first kappa shape index (κ1) is 9.53. The molecule has 0 nitrogen and oxygen atoms in total. The van der Waals surface area contributed by atoms with Gasteiger partial charge in [-0.25, -0.2) is 0 Å². The van der Waals surface area contributed by atoms with E-state index in [2.05, 4.69) is 66.4 Å². The molecule has 0 bridgehead atoms. The summed E-state index contributed by atoms with van der Waals surface area (Å²) in [5, 5.41) is 0. The fourth-order valence-corrected chi connectivity index (χ4v) is 4.64. The van der Waals surface area contributed by atoms with Gasteiger partial charge in [-0.3, -0.25) is 0 Å². The SMILES string of the molecule is [CH2][Ge]([c]1ccccc1)[c]1ccccc1. The van der Waals surface area contributed by atoms with Crippen LogP contribution in [0.1, 0.15) is 0 Å². The summed E-state index contributed by atoms with van der Waals surface area (Å²) in [6, 6.07) is 21.2. The molecule has 0 spiro atoms. The van der Waals surface area contributed by atoms with Gasteiger partial charge in [-0.15, -0.1) is 0 Å². The summed E-state index contributed by atoms with van der Waals surface area (Å²) in [4.78, 5) is 0. The molecule has 1 heteroatoms. The van der Waals surface area contributed by atoms with Crippen LogP contribution >= 0.6 is 0 Å². The third-order valence-electron chi connectivity index (χ3n) is 2.24. The number of benzene rings is 2. The predicted molar refractivity (Wildman–Crippen MR) is 63.3 cm³/mol. The molecule has 0 aliphatic rings. The molecule has 0 saturated heterocycles. The molecule has 0 aromatic heterocycles. The Morgan fingerprint density at radius 2 is 1.00 bits per heavy atom. The monoisotopic (exact) mass is 242 g/mol.